The molecule has 0 aliphatic carbocycles. The Bertz CT molecular complexity index is 874. The lowest BCUT2D eigenvalue weighted by Gasteiger charge is -2.25. The van der Waals surface area contributed by atoms with Gasteiger partial charge in [-0.2, -0.15) is 4.31 Å². The number of sulfonamides is 1. The molecule has 0 aromatic carbocycles. The van der Waals surface area contributed by atoms with Gasteiger partial charge in [-0.3, -0.25) is 0 Å². The molecule has 3 rings (SSSR count). The molecule has 0 bridgehead atoms. The van der Waals surface area contributed by atoms with Gasteiger partial charge in [0.2, 0.25) is 0 Å². The van der Waals surface area contributed by atoms with Gasteiger partial charge in [0.25, 0.3) is 10.0 Å². The van der Waals surface area contributed by atoms with Crippen molar-refractivity contribution in [2.24, 2.45) is 0 Å². The smallest absolute Gasteiger partial charge is 0.354 e. The van der Waals surface area contributed by atoms with Crippen LogP contribution in [0, 0.1) is 0 Å². The topological polar surface area (TPSA) is 99.6 Å². The molecule has 1 fully saturated rings. The molecular formula is C17H21N3O4S2. The lowest BCUT2D eigenvalue weighted by molar-refractivity contribution is 0.0690. The molecule has 1 aliphatic heterocycles. The number of aromatic carboxylic acids is 1. The maximum Gasteiger partial charge on any atom is 0.354 e. The number of nitrogens with one attached hydrogen (secondary N) is 1. The SMILES string of the molecule is O=C(O)c1cccc(NCCc2ccc(S(=O)(=O)N3CCCCC3)s2)n1. The number of carboxylic acids is 1. The molecule has 2 aromatic rings. The lowest BCUT2D eigenvalue weighted by atomic mass is 10.2. The van der Waals surface area contributed by atoms with Crippen molar-refractivity contribution in [2.45, 2.75) is 29.9 Å². The van der Waals surface area contributed by atoms with Crippen molar-refractivity contribution in [3.05, 3.63) is 40.9 Å². The normalized spacial score (nSPS) is 15.7. The quantitative estimate of drug-likeness (QED) is 0.748. The molecule has 0 amide bonds. The Hall–Kier alpha value is -1.97. The molecule has 140 valence electrons. The Labute approximate surface area is 156 Å². The van der Waals surface area contributed by atoms with Crippen molar-refractivity contribution in [2.75, 3.05) is 25.0 Å². The minimum absolute atomic E-state index is 0.0129. The van der Waals surface area contributed by atoms with Crippen LogP contribution >= 0.6 is 11.3 Å². The van der Waals surface area contributed by atoms with Gasteiger partial charge in [0.05, 0.1) is 0 Å². The van der Waals surface area contributed by atoms with Gasteiger partial charge in [0.1, 0.15) is 10.0 Å². The fourth-order valence-electron chi connectivity index (χ4n) is 2.83. The summed E-state index contributed by atoms with van der Waals surface area (Å²) in [7, 11) is -3.38. The van der Waals surface area contributed by atoms with Gasteiger partial charge in [-0.15, -0.1) is 11.3 Å². The Kier molecular flexibility index (Phi) is 5.90. The molecule has 1 aliphatic rings. The number of carboxylic acid groups (broad SMARTS) is 1. The first-order valence-corrected chi connectivity index (χ1v) is 10.8. The van der Waals surface area contributed by atoms with E-state index in [1.165, 1.54) is 17.4 Å². The predicted molar refractivity (Wildman–Crippen MR) is 100 cm³/mol. The van der Waals surface area contributed by atoms with Crippen molar-refractivity contribution < 1.29 is 18.3 Å². The van der Waals surface area contributed by atoms with Crippen LogP contribution in [0.1, 0.15) is 34.6 Å². The van der Waals surface area contributed by atoms with E-state index in [2.05, 4.69) is 10.3 Å². The zero-order valence-electron chi connectivity index (χ0n) is 14.2. The van der Waals surface area contributed by atoms with Crippen LogP contribution in [-0.4, -0.2) is 48.4 Å². The molecule has 0 unspecified atom stereocenters. The number of carbonyl (C=O) groups is 1. The summed E-state index contributed by atoms with van der Waals surface area (Å²) in [6.45, 7) is 1.74. The standard InChI is InChI=1S/C17H21N3O4S2/c21-17(22)14-5-4-6-15(19-14)18-10-9-13-7-8-16(25-13)26(23,24)20-11-2-1-3-12-20/h4-8H,1-3,9-12H2,(H,18,19)(H,21,22). The fourth-order valence-corrected chi connectivity index (χ4v) is 5.86. The number of thiophene rings is 1. The summed E-state index contributed by atoms with van der Waals surface area (Å²) < 4.78 is 27.3. The van der Waals surface area contributed by atoms with Crippen LogP contribution in [0.2, 0.25) is 0 Å². The average molecular weight is 396 g/mol. The molecule has 26 heavy (non-hydrogen) atoms. The molecule has 7 nitrogen and oxygen atoms in total. The van der Waals surface area contributed by atoms with E-state index < -0.39 is 16.0 Å². The summed E-state index contributed by atoms with van der Waals surface area (Å²) >= 11 is 1.29. The highest BCUT2D eigenvalue weighted by Crippen LogP contribution is 2.27. The van der Waals surface area contributed by atoms with E-state index in [0.717, 1.165) is 24.1 Å². The second-order valence-electron chi connectivity index (χ2n) is 6.08. The van der Waals surface area contributed by atoms with Crippen LogP contribution in [0.3, 0.4) is 0 Å². The lowest BCUT2D eigenvalue weighted by Crippen LogP contribution is -2.35. The second kappa shape index (κ2) is 8.15. The molecule has 0 spiro atoms. The van der Waals surface area contributed by atoms with Crippen molar-refractivity contribution in [3.63, 3.8) is 0 Å². The molecule has 2 N–H and O–H groups in total. The number of hydrogen-bond acceptors (Lipinski definition) is 6. The summed E-state index contributed by atoms with van der Waals surface area (Å²) in [6, 6.07) is 8.28. The van der Waals surface area contributed by atoms with E-state index in [1.54, 1.807) is 22.5 Å². The van der Waals surface area contributed by atoms with Crippen LogP contribution in [0.25, 0.3) is 0 Å². The second-order valence-corrected chi connectivity index (χ2v) is 9.41. The van der Waals surface area contributed by atoms with Crippen LogP contribution < -0.4 is 5.32 Å². The van der Waals surface area contributed by atoms with E-state index in [9.17, 15) is 13.2 Å². The summed E-state index contributed by atoms with van der Waals surface area (Å²) in [5.74, 6) is -0.581. The summed E-state index contributed by atoms with van der Waals surface area (Å²) in [4.78, 5) is 15.9. The maximum absolute atomic E-state index is 12.7. The third kappa shape index (κ3) is 4.40. The van der Waals surface area contributed by atoms with Gasteiger partial charge < -0.3 is 10.4 Å². The molecule has 9 heteroatoms. The number of anilines is 1. The molecule has 0 saturated carbocycles. The average Bonchev–Trinajstić information content (AvgIpc) is 3.12. The summed E-state index contributed by atoms with van der Waals surface area (Å²) in [6.07, 6.45) is 3.57. The number of aromatic nitrogens is 1. The first-order chi connectivity index (χ1) is 12.5. The zero-order valence-corrected chi connectivity index (χ0v) is 15.9. The highest BCUT2D eigenvalue weighted by Gasteiger charge is 2.27. The van der Waals surface area contributed by atoms with Gasteiger partial charge >= 0.3 is 5.97 Å². The number of rotatable bonds is 7. The van der Waals surface area contributed by atoms with Crippen LogP contribution in [-0.2, 0) is 16.4 Å². The molecule has 3 heterocycles. The Morgan fingerprint density at radius 1 is 1.19 bits per heavy atom. The van der Waals surface area contributed by atoms with Gasteiger partial charge in [0, 0.05) is 24.5 Å². The molecule has 0 atom stereocenters. The van der Waals surface area contributed by atoms with E-state index >= 15 is 0 Å². The largest absolute Gasteiger partial charge is 0.477 e. The zero-order chi connectivity index (χ0) is 18.6. The Morgan fingerprint density at radius 3 is 2.69 bits per heavy atom. The predicted octanol–water partition coefficient (Wildman–Crippen LogP) is 2.67. The van der Waals surface area contributed by atoms with E-state index in [4.69, 9.17) is 5.11 Å². The van der Waals surface area contributed by atoms with Crippen molar-refractivity contribution >= 4 is 33.1 Å². The van der Waals surface area contributed by atoms with Crippen molar-refractivity contribution in [1.29, 1.82) is 0 Å². The minimum Gasteiger partial charge on any atom is -0.477 e. The minimum atomic E-state index is -3.38. The van der Waals surface area contributed by atoms with Crippen molar-refractivity contribution in [1.82, 2.24) is 9.29 Å². The maximum atomic E-state index is 12.7. The Balaban J connectivity index is 1.58. The van der Waals surface area contributed by atoms with Crippen LogP contribution in [0.4, 0.5) is 5.82 Å². The van der Waals surface area contributed by atoms with Gasteiger partial charge in [-0.05, 0) is 43.5 Å². The first kappa shape index (κ1) is 18.8. The molecule has 2 aromatic heterocycles. The van der Waals surface area contributed by atoms with Crippen LogP contribution in [0.15, 0.2) is 34.5 Å². The molecule has 0 radical (unpaired) electrons. The molecule has 1 saturated heterocycles. The highest BCUT2D eigenvalue weighted by atomic mass is 32.2. The highest BCUT2D eigenvalue weighted by molar-refractivity contribution is 7.91. The van der Waals surface area contributed by atoms with E-state index in [0.29, 0.717) is 36.1 Å². The third-order valence-electron chi connectivity index (χ3n) is 4.19. The number of nitrogens with zero attached hydrogens (tertiary/aromatic N) is 2. The Morgan fingerprint density at radius 2 is 1.96 bits per heavy atom. The molecular weight excluding hydrogens is 374 g/mol. The number of hydrogen-bond donors (Lipinski definition) is 2. The first-order valence-electron chi connectivity index (χ1n) is 8.50. The van der Waals surface area contributed by atoms with Crippen LogP contribution in [0.5, 0.6) is 0 Å². The number of pyridine rings is 1. The summed E-state index contributed by atoms with van der Waals surface area (Å²) in [5.41, 5.74) is -0.0129. The van der Waals surface area contributed by atoms with E-state index in [-0.39, 0.29) is 5.69 Å². The third-order valence-corrected chi connectivity index (χ3v) is 7.70. The number of piperidine rings is 1. The van der Waals surface area contributed by atoms with Gasteiger partial charge in [-0.25, -0.2) is 18.2 Å². The van der Waals surface area contributed by atoms with Gasteiger partial charge in [0.15, 0.2) is 5.69 Å². The summed E-state index contributed by atoms with van der Waals surface area (Å²) in [5, 5.41) is 12.0. The van der Waals surface area contributed by atoms with Gasteiger partial charge in [-0.1, -0.05) is 12.5 Å². The fraction of sp³-hybridized carbons (Fsp3) is 0.412. The monoisotopic (exact) mass is 395 g/mol. The van der Waals surface area contributed by atoms with Crippen molar-refractivity contribution in [3.8, 4) is 0 Å². The van der Waals surface area contributed by atoms with E-state index in [1.807, 2.05) is 6.07 Å².